The molecular weight excluding hydrogens is 280 g/mol. The van der Waals surface area contributed by atoms with Gasteiger partial charge in [0.05, 0.1) is 18.2 Å². The third-order valence-electron chi connectivity index (χ3n) is 3.61. The van der Waals surface area contributed by atoms with Crippen LogP contribution in [-0.4, -0.2) is 40.1 Å². The molecule has 1 aromatic heterocycles. The predicted octanol–water partition coefficient (Wildman–Crippen LogP) is 1.41. The average molecular weight is 298 g/mol. The number of likely N-dealkylation sites (tertiary alicyclic amines) is 1. The molecule has 1 fully saturated rings. The van der Waals surface area contributed by atoms with Gasteiger partial charge in [-0.25, -0.2) is 0 Å². The third kappa shape index (κ3) is 3.62. The van der Waals surface area contributed by atoms with Gasteiger partial charge >= 0.3 is 0 Å². The topological polar surface area (TPSA) is 62.7 Å². The van der Waals surface area contributed by atoms with Gasteiger partial charge < -0.3 is 14.7 Å². The molecule has 0 saturated carbocycles. The fourth-order valence-corrected chi connectivity index (χ4v) is 2.29. The number of pyridine rings is 1. The molecule has 1 aliphatic rings. The van der Waals surface area contributed by atoms with Crippen molar-refractivity contribution in [1.29, 1.82) is 0 Å². The number of amides is 1. The second-order valence-corrected chi connectivity index (χ2v) is 5.38. The standard InChI is InChI=1S/C17H18N2O3/c20-15-10-19(11-15)17(21)9-13-4-6-16(7-5-13)22-12-14-3-1-2-8-18-14/h1-8,15,20H,9-12H2. The maximum Gasteiger partial charge on any atom is 0.227 e. The number of nitrogens with zero attached hydrogens (tertiary/aromatic N) is 2. The van der Waals surface area contributed by atoms with Crippen molar-refractivity contribution < 1.29 is 14.6 Å². The van der Waals surface area contributed by atoms with Crippen LogP contribution in [0, 0.1) is 0 Å². The summed E-state index contributed by atoms with van der Waals surface area (Å²) in [6.07, 6.45) is 1.74. The highest BCUT2D eigenvalue weighted by Crippen LogP contribution is 2.16. The Balaban J connectivity index is 1.51. The molecule has 3 rings (SSSR count). The largest absolute Gasteiger partial charge is 0.487 e. The van der Waals surface area contributed by atoms with Crippen LogP contribution in [0.1, 0.15) is 11.3 Å². The van der Waals surface area contributed by atoms with Gasteiger partial charge in [-0.1, -0.05) is 18.2 Å². The Morgan fingerprint density at radius 2 is 2.00 bits per heavy atom. The number of hydrogen-bond donors (Lipinski definition) is 1. The number of aliphatic hydroxyl groups excluding tert-OH is 1. The molecule has 2 aromatic rings. The van der Waals surface area contributed by atoms with Crippen LogP contribution in [0.3, 0.4) is 0 Å². The molecule has 0 aliphatic carbocycles. The summed E-state index contributed by atoms with van der Waals surface area (Å²) < 4.78 is 5.65. The quantitative estimate of drug-likeness (QED) is 0.906. The Morgan fingerprint density at radius 3 is 2.64 bits per heavy atom. The zero-order valence-electron chi connectivity index (χ0n) is 12.2. The van der Waals surface area contributed by atoms with E-state index >= 15 is 0 Å². The van der Waals surface area contributed by atoms with Crippen molar-refractivity contribution in [3.8, 4) is 5.75 Å². The molecule has 0 radical (unpaired) electrons. The van der Waals surface area contributed by atoms with Crippen molar-refractivity contribution in [2.75, 3.05) is 13.1 Å². The summed E-state index contributed by atoms with van der Waals surface area (Å²) in [4.78, 5) is 17.8. The van der Waals surface area contributed by atoms with E-state index in [4.69, 9.17) is 4.74 Å². The highest BCUT2D eigenvalue weighted by Gasteiger charge is 2.28. The minimum atomic E-state index is -0.355. The number of carbonyl (C=O) groups is 1. The maximum atomic E-state index is 11.9. The summed E-state index contributed by atoms with van der Waals surface area (Å²) in [5.41, 5.74) is 1.81. The number of β-amino-alcohol motifs (C(OH)–C–C–N with tert-alkyl or cyclic N) is 1. The van der Waals surface area contributed by atoms with Crippen LogP contribution in [0.4, 0.5) is 0 Å². The molecule has 1 N–H and O–H groups in total. The van der Waals surface area contributed by atoms with Crippen molar-refractivity contribution in [3.63, 3.8) is 0 Å². The zero-order chi connectivity index (χ0) is 15.4. The van der Waals surface area contributed by atoms with E-state index < -0.39 is 0 Å². The minimum absolute atomic E-state index is 0.0486. The molecule has 1 amide bonds. The van der Waals surface area contributed by atoms with Gasteiger partial charge in [0.1, 0.15) is 12.4 Å². The van der Waals surface area contributed by atoms with Gasteiger partial charge in [0.15, 0.2) is 0 Å². The molecule has 2 heterocycles. The minimum Gasteiger partial charge on any atom is -0.487 e. The second kappa shape index (κ2) is 6.58. The zero-order valence-corrected chi connectivity index (χ0v) is 12.2. The van der Waals surface area contributed by atoms with Crippen LogP contribution in [0.2, 0.25) is 0 Å². The molecule has 22 heavy (non-hydrogen) atoms. The number of ether oxygens (including phenoxy) is 1. The van der Waals surface area contributed by atoms with Crippen LogP contribution >= 0.6 is 0 Å². The van der Waals surface area contributed by atoms with E-state index in [0.717, 1.165) is 17.0 Å². The molecule has 5 nitrogen and oxygen atoms in total. The number of benzene rings is 1. The van der Waals surface area contributed by atoms with Gasteiger partial charge in [-0.2, -0.15) is 0 Å². The average Bonchev–Trinajstić information content (AvgIpc) is 2.52. The molecule has 0 atom stereocenters. The highest BCUT2D eigenvalue weighted by atomic mass is 16.5. The van der Waals surface area contributed by atoms with Crippen LogP contribution in [-0.2, 0) is 17.8 Å². The lowest BCUT2D eigenvalue weighted by Gasteiger charge is -2.35. The van der Waals surface area contributed by atoms with E-state index in [-0.39, 0.29) is 12.0 Å². The van der Waals surface area contributed by atoms with Gasteiger partial charge in [-0.3, -0.25) is 9.78 Å². The normalized spacial score (nSPS) is 14.5. The molecule has 114 valence electrons. The summed E-state index contributed by atoms with van der Waals surface area (Å²) in [5, 5.41) is 9.21. The molecule has 1 aliphatic heterocycles. The first-order valence-corrected chi connectivity index (χ1v) is 7.28. The summed E-state index contributed by atoms with van der Waals surface area (Å²) in [7, 11) is 0. The van der Waals surface area contributed by atoms with Gasteiger partial charge in [0.25, 0.3) is 0 Å². The lowest BCUT2D eigenvalue weighted by atomic mass is 10.1. The van der Waals surface area contributed by atoms with Crippen molar-refractivity contribution in [1.82, 2.24) is 9.88 Å². The first-order valence-electron chi connectivity index (χ1n) is 7.28. The fourth-order valence-electron chi connectivity index (χ4n) is 2.29. The van der Waals surface area contributed by atoms with E-state index in [0.29, 0.717) is 26.1 Å². The van der Waals surface area contributed by atoms with Crippen LogP contribution < -0.4 is 4.74 Å². The van der Waals surface area contributed by atoms with Gasteiger partial charge in [0.2, 0.25) is 5.91 Å². The number of aliphatic hydroxyl groups is 1. The number of aromatic nitrogens is 1. The Labute approximate surface area is 129 Å². The van der Waals surface area contributed by atoms with Crippen molar-refractivity contribution in [3.05, 3.63) is 59.9 Å². The third-order valence-corrected chi connectivity index (χ3v) is 3.61. The summed E-state index contributed by atoms with van der Waals surface area (Å²) >= 11 is 0. The van der Waals surface area contributed by atoms with Gasteiger partial charge in [-0.05, 0) is 29.8 Å². The highest BCUT2D eigenvalue weighted by molar-refractivity contribution is 5.79. The lowest BCUT2D eigenvalue weighted by Crippen LogP contribution is -2.53. The fraction of sp³-hybridized carbons (Fsp3) is 0.294. The molecule has 1 aromatic carbocycles. The Hall–Kier alpha value is -2.40. The monoisotopic (exact) mass is 298 g/mol. The maximum absolute atomic E-state index is 11.9. The summed E-state index contributed by atoms with van der Waals surface area (Å²) in [6, 6.07) is 13.2. The van der Waals surface area contributed by atoms with Crippen LogP contribution in [0.15, 0.2) is 48.7 Å². The molecule has 0 spiro atoms. The van der Waals surface area contributed by atoms with E-state index in [1.165, 1.54) is 0 Å². The van der Waals surface area contributed by atoms with Crippen LogP contribution in [0.5, 0.6) is 5.75 Å². The SMILES string of the molecule is O=C(Cc1ccc(OCc2ccccn2)cc1)N1CC(O)C1. The van der Waals surface area contributed by atoms with E-state index in [2.05, 4.69) is 4.98 Å². The molecule has 0 bridgehead atoms. The van der Waals surface area contributed by atoms with E-state index in [1.807, 2.05) is 42.5 Å². The van der Waals surface area contributed by atoms with Crippen molar-refractivity contribution in [2.45, 2.75) is 19.1 Å². The Morgan fingerprint density at radius 1 is 1.23 bits per heavy atom. The number of carbonyl (C=O) groups excluding carboxylic acids is 1. The summed E-state index contributed by atoms with van der Waals surface area (Å²) in [5.74, 6) is 0.800. The lowest BCUT2D eigenvalue weighted by molar-refractivity contribution is -0.140. The van der Waals surface area contributed by atoms with Crippen molar-refractivity contribution in [2.24, 2.45) is 0 Å². The molecule has 0 unspecified atom stereocenters. The molecular formula is C17H18N2O3. The second-order valence-electron chi connectivity index (χ2n) is 5.38. The van der Waals surface area contributed by atoms with Crippen LogP contribution in [0.25, 0.3) is 0 Å². The molecule has 5 heteroatoms. The summed E-state index contributed by atoms with van der Waals surface area (Å²) in [6.45, 7) is 1.32. The first kappa shape index (κ1) is 14.5. The Kier molecular flexibility index (Phi) is 4.34. The predicted molar refractivity (Wildman–Crippen MR) is 81.3 cm³/mol. The van der Waals surface area contributed by atoms with E-state index in [9.17, 15) is 9.90 Å². The smallest absolute Gasteiger partial charge is 0.227 e. The number of hydrogen-bond acceptors (Lipinski definition) is 4. The molecule has 1 saturated heterocycles. The Bertz CT molecular complexity index is 622. The van der Waals surface area contributed by atoms with Crippen molar-refractivity contribution >= 4 is 5.91 Å². The van der Waals surface area contributed by atoms with Gasteiger partial charge in [0, 0.05) is 19.3 Å². The first-order chi connectivity index (χ1) is 10.7. The number of rotatable bonds is 5. The van der Waals surface area contributed by atoms with Gasteiger partial charge in [-0.15, -0.1) is 0 Å². The van der Waals surface area contributed by atoms with E-state index in [1.54, 1.807) is 11.1 Å².